The monoisotopic (exact) mass is 401 g/mol. The zero-order valence-corrected chi connectivity index (χ0v) is 16.9. The lowest BCUT2D eigenvalue weighted by atomic mass is 10.1. The molecule has 3 rings (SSSR count). The van der Waals surface area contributed by atoms with Gasteiger partial charge in [-0.15, -0.1) is 0 Å². The molecular weight excluding hydrogens is 378 g/mol. The summed E-state index contributed by atoms with van der Waals surface area (Å²) in [5, 5.41) is 6.42. The third kappa shape index (κ3) is 6.04. The van der Waals surface area contributed by atoms with Gasteiger partial charge in [0.25, 0.3) is 0 Å². The largest absolute Gasteiger partial charge is 0.488 e. The van der Waals surface area contributed by atoms with Crippen molar-refractivity contribution in [3.8, 4) is 5.75 Å². The first-order valence-electron chi connectivity index (χ1n) is 9.50. The molecule has 0 bridgehead atoms. The van der Waals surface area contributed by atoms with Crippen molar-refractivity contribution in [1.29, 1.82) is 0 Å². The lowest BCUT2D eigenvalue weighted by Gasteiger charge is -2.09. The third-order valence-corrected chi connectivity index (χ3v) is 4.29. The molecule has 0 aliphatic rings. The van der Waals surface area contributed by atoms with Gasteiger partial charge >= 0.3 is 11.8 Å². The van der Waals surface area contributed by atoms with Crippen molar-refractivity contribution in [2.75, 3.05) is 5.32 Å². The third-order valence-electron chi connectivity index (χ3n) is 4.29. The Kier molecular flexibility index (Phi) is 6.95. The lowest BCUT2D eigenvalue weighted by Crippen LogP contribution is -2.32. The first-order valence-corrected chi connectivity index (χ1v) is 9.50. The standard InChI is InChI=1S/C24H23N3O3/c1-17-10-12-19(13-11-17)16-30-22-9-4-3-7-20(22)15-25-27-24(29)23(28)26-21-8-5-6-18(2)14-21/h3-15H,16H2,1-2H3,(H,26,28)(H,27,29)/b25-15-. The Morgan fingerprint density at radius 2 is 1.67 bits per heavy atom. The number of para-hydroxylation sites is 1. The molecule has 0 heterocycles. The van der Waals surface area contributed by atoms with Gasteiger partial charge in [-0.2, -0.15) is 5.10 Å². The van der Waals surface area contributed by atoms with E-state index in [1.165, 1.54) is 11.8 Å². The normalized spacial score (nSPS) is 10.6. The SMILES string of the molecule is Cc1ccc(COc2ccccc2/C=N\NC(=O)C(=O)Nc2cccc(C)c2)cc1. The molecule has 6 nitrogen and oxygen atoms in total. The lowest BCUT2D eigenvalue weighted by molar-refractivity contribution is -0.136. The van der Waals surface area contributed by atoms with Gasteiger partial charge in [0.1, 0.15) is 12.4 Å². The van der Waals surface area contributed by atoms with E-state index in [1.54, 1.807) is 18.2 Å². The van der Waals surface area contributed by atoms with Gasteiger partial charge in [0.2, 0.25) is 0 Å². The average Bonchev–Trinajstić information content (AvgIpc) is 2.74. The second kappa shape index (κ2) is 10.0. The molecule has 0 spiro atoms. The van der Waals surface area contributed by atoms with Gasteiger partial charge in [-0.25, -0.2) is 5.43 Å². The molecule has 0 radical (unpaired) electrons. The first-order chi connectivity index (χ1) is 14.5. The van der Waals surface area contributed by atoms with Gasteiger partial charge in [-0.05, 0) is 49.2 Å². The van der Waals surface area contributed by atoms with Crippen LogP contribution >= 0.6 is 0 Å². The maximum Gasteiger partial charge on any atom is 0.329 e. The van der Waals surface area contributed by atoms with Crippen molar-refractivity contribution in [1.82, 2.24) is 5.43 Å². The van der Waals surface area contributed by atoms with Crippen molar-refractivity contribution in [3.63, 3.8) is 0 Å². The molecule has 3 aromatic carbocycles. The maximum absolute atomic E-state index is 12.0. The van der Waals surface area contributed by atoms with Crippen LogP contribution in [-0.2, 0) is 16.2 Å². The maximum atomic E-state index is 12.0. The number of nitrogens with zero attached hydrogens (tertiary/aromatic N) is 1. The van der Waals surface area contributed by atoms with E-state index >= 15 is 0 Å². The second-order valence-electron chi connectivity index (χ2n) is 6.83. The van der Waals surface area contributed by atoms with Crippen molar-refractivity contribution < 1.29 is 14.3 Å². The summed E-state index contributed by atoms with van der Waals surface area (Å²) in [6.07, 6.45) is 1.45. The molecular formula is C24H23N3O3. The summed E-state index contributed by atoms with van der Waals surface area (Å²) in [7, 11) is 0. The van der Waals surface area contributed by atoms with E-state index in [0.717, 1.165) is 11.1 Å². The fraction of sp³-hybridized carbons (Fsp3) is 0.125. The molecule has 30 heavy (non-hydrogen) atoms. The number of aryl methyl sites for hydroxylation is 2. The number of hydrazone groups is 1. The van der Waals surface area contributed by atoms with Crippen LogP contribution in [-0.4, -0.2) is 18.0 Å². The molecule has 0 aromatic heterocycles. The molecule has 2 N–H and O–H groups in total. The zero-order valence-electron chi connectivity index (χ0n) is 16.9. The number of amides is 2. The van der Waals surface area contributed by atoms with E-state index < -0.39 is 11.8 Å². The van der Waals surface area contributed by atoms with E-state index in [0.29, 0.717) is 23.6 Å². The molecule has 3 aromatic rings. The molecule has 0 aliphatic heterocycles. The topological polar surface area (TPSA) is 79.8 Å². The molecule has 0 saturated heterocycles. The van der Waals surface area contributed by atoms with E-state index in [2.05, 4.69) is 15.8 Å². The molecule has 152 valence electrons. The quantitative estimate of drug-likeness (QED) is 0.373. The minimum atomic E-state index is -0.856. The molecule has 0 fully saturated rings. The number of hydrogen-bond acceptors (Lipinski definition) is 4. The number of benzene rings is 3. The van der Waals surface area contributed by atoms with Crippen LogP contribution in [0.2, 0.25) is 0 Å². The van der Waals surface area contributed by atoms with Crippen LogP contribution < -0.4 is 15.5 Å². The van der Waals surface area contributed by atoms with Gasteiger partial charge in [-0.1, -0.05) is 54.1 Å². The Labute approximate surface area is 175 Å². The van der Waals surface area contributed by atoms with Crippen LogP contribution in [0.5, 0.6) is 5.75 Å². The van der Waals surface area contributed by atoms with Gasteiger partial charge in [0, 0.05) is 11.3 Å². The first kappa shape index (κ1) is 20.8. The minimum Gasteiger partial charge on any atom is -0.488 e. The zero-order chi connectivity index (χ0) is 21.3. The van der Waals surface area contributed by atoms with Gasteiger partial charge < -0.3 is 10.1 Å². The Morgan fingerprint density at radius 3 is 2.43 bits per heavy atom. The molecule has 0 unspecified atom stereocenters. The summed E-state index contributed by atoms with van der Waals surface area (Å²) in [5.41, 5.74) is 6.69. The predicted molar refractivity (Wildman–Crippen MR) is 117 cm³/mol. The van der Waals surface area contributed by atoms with E-state index in [-0.39, 0.29) is 0 Å². The van der Waals surface area contributed by atoms with Crippen molar-refractivity contribution in [3.05, 3.63) is 95.1 Å². The summed E-state index contributed by atoms with van der Waals surface area (Å²) >= 11 is 0. The highest BCUT2D eigenvalue weighted by atomic mass is 16.5. The summed E-state index contributed by atoms with van der Waals surface area (Å²) in [6, 6.07) is 22.6. The fourth-order valence-electron chi connectivity index (χ4n) is 2.69. The number of rotatable bonds is 6. The summed E-state index contributed by atoms with van der Waals surface area (Å²) in [6.45, 7) is 4.35. The Bertz CT molecular complexity index is 1060. The van der Waals surface area contributed by atoms with Gasteiger partial charge in [0.15, 0.2) is 0 Å². The Balaban J connectivity index is 1.57. The van der Waals surface area contributed by atoms with Crippen molar-refractivity contribution in [2.24, 2.45) is 5.10 Å². The molecule has 2 amide bonds. The predicted octanol–water partition coefficient (Wildman–Crippen LogP) is 3.97. The van der Waals surface area contributed by atoms with E-state index in [9.17, 15) is 9.59 Å². The number of ether oxygens (including phenoxy) is 1. The van der Waals surface area contributed by atoms with Crippen LogP contribution in [0, 0.1) is 13.8 Å². The number of nitrogens with one attached hydrogen (secondary N) is 2. The number of carbonyl (C=O) groups is 2. The van der Waals surface area contributed by atoms with Crippen LogP contribution in [0.25, 0.3) is 0 Å². The summed E-state index contributed by atoms with van der Waals surface area (Å²) in [5.74, 6) is -1.02. The smallest absolute Gasteiger partial charge is 0.329 e. The summed E-state index contributed by atoms with van der Waals surface area (Å²) in [4.78, 5) is 24.0. The van der Waals surface area contributed by atoms with Gasteiger partial charge in [0.05, 0.1) is 6.21 Å². The van der Waals surface area contributed by atoms with E-state index in [4.69, 9.17) is 4.74 Å². The van der Waals surface area contributed by atoms with Crippen molar-refractivity contribution >= 4 is 23.7 Å². The van der Waals surface area contributed by atoms with E-state index in [1.807, 2.05) is 68.4 Å². The highest BCUT2D eigenvalue weighted by Gasteiger charge is 2.13. The molecule has 6 heteroatoms. The van der Waals surface area contributed by atoms with Crippen molar-refractivity contribution in [2.45, 2.75) is 20.5 Å². The number of anilines is 1. The molecule has 0 saturated carbocycles. The molecule has 0 atom stereocenters. The van der Waals surface area contributed by atoms with Crippen LogP contribution in [0.1, 0.15) is 22.3 Å². The minimum absolute atomic E-state index is 0.413. The highest BCUT2D eigenvalue weighted by Crippen LogP contribution is 2.18. The van der Waals surface area contributed by atoms with Gasteiger partial charge in [-0.3, -0.25) is 9.59 Å². The van der Waals surface area contributed by atoms with Crippen LogP contribution in [0.4, 0.5) is 5.69 Å². The summed E-state index contributed by atoms with van der Waals surface area (Å²) < 4.78 is 5.88. The van der Waals surface area contributed by atoms with Crippen LogP contribution in [0.3, 0.4) is 0 Å². The number of hydrogen-bond donors (Lipinski definition) is 2. The second-order valence-corrected chi connectivity index (χ2v) is 6.83. The van der Waals surface area contributed by atoms with Crippen LogP contribution in [0.15, 0.2) is 77.9 Å². The Morgan fingerprint density at radius 1 is 0.900 bits per heavy atom. The number of carbonyl (C=O) groups excluding carboxylic acids is 2. The fourth-order valence-corrected chi connectivity index (χ4v) is 2.69. The Hall–Kier alpha value is -3.93. The highest BCUT2D eigenvalue weighted by molar-refractivity contribution is 6.39. The average molecular weight is 401 g/mol. The molecule has 0 aliphatic carbocycles.